The van der Waals surface area contributed by atoms with Gasteiger partial charge in [0.25, 0.3) is 0 Å². The summed E-state index contributed by atoms with van der Waals surface area (Å²) >= 11 is -2.29. The van der Waals surface area contributed by atoms with Crippen molar-refractivity contribution in [1.82, 2.24) is 0 Å². The molecule has 1 atom stereocenters. The molecular weight excluding hydrogens is 123 g/mol. The fraction of sp³-hybridized carbons (Fsp3) is 1.00. The Kier molecular flexibility index (Phi) is 1.70. The van der Waals surface area contributed by atoms with Crippen LogP contribution in [0.4, 0.5) is 0 Å². The molecule has 0 amide bonds. The van der Waals surface area contributed by atoms with Crippen LogP contribution in [-0.2, 0) is 3.83 Å². The van der Waals surface area contributed by atoms with Crippen LogP contribution >= 0.6 is 0 Å². The Bertz CT molecular complexity index is 29.0. The Labute approximate surface area is 28.9 Å². The van der Waals surface area contributed by atoms with Gasteiger partial charge in [-0.3, -0.25) is 0 Å². The first kappa shape index (κ1) is 4.28. The Morgan fingerprint density at radius 3 is 2.00 bits per heavy atom. The van der Waals surface area contributed by atoms with Gasteiger partial charge in [0.05, 0.1) is 0 Å². The number of hydrogen-bond donors (Lipinski definition) is 1. The SMILES string of the molecule is C[Se](=O)O. The Morgan fingerprint density at radius 1 is 2.00 bits per heavy atom. The van der Waals surface area contributed by atoms with Gasteiger partial charge in [0.15, 0.2) is 0 Å². The molecule has 0 aromatic rings. The maximum atomic E-state index is 9.21. The third-order valence-electron chi connectivity index (χ3n) is 0. The van der Waals surface area contributed by atoms with Gasteiger partial charge in [0.2, 0.25) is 0 Å². The summed E-state index contributed by atoms with van der Waals surface area (Å²) in [7, 11) is 0. The van der Waals surface area contributed by atoms with Crippen LogP contribution in [0.15, 0.2) is 0 Å². The first-order chi connectivity index (χ1) is 1.73. The van der Waals surface area contributed by atoms with E-state index in [1.807, 2.05) is 0 Å². The fourth-order valence-electron chi connectivity index (χ4n) is 0. The molecule has 1 unspecified atom stereocenters. The van der Waals surface area contributed by atoms with Crippen LogP contribution in [0.5, 0.6) is 0 Å². The van der Waals surface area contributed by atoms with Crippen LogP contribution < -0.4 is 0 Å². The molecule has 0 aromatic carbocycles. The van der Waals surface area contributed by atoms with Crippen molar-refractivity contribution in [3.8, 4) is 0 Å². The molecule has 0 spiro atoms. The van der Waals surface area contributed by atoms with Crippen molar-refractivity contribution >= 4 is 14.2 Å². The van der Waals surface area contributed by atoms with Crippen LogP contribution in [0.1, 0.15) is 0 Å². The zero-order valence-electron chi connectivity index (χ0n) is 2.26. The first-order valence-corrected chi connectivity index (χ1v) is 3.94. The van der Waals surface area contributed by atoms with E-state index in [0.29, 0.717) is 0 Å². The average molecular weight is 127 g/mol. The van der Waals surface area contributed by atoms with Gasteiger partial charge in [-0.25, -0.2) is 0 Å². The molecule has 0 aromatic heterocycles. The summed E-state index contributed by atoms with van der Waals surface area (Å²) in [5.74, 6) is 1.29. The van der Waals surface area contributed by atoms with E-state index in [0.717, 1.165) is 0 Å². The molecule has 0 radical (unpaired) electrons. The van der Waals surface area contributed by atoms with Crippen molar-refractivity contribution in [2.24, 2.45) is 0 Å². The van der Waals surface area contributed by atoms with Gasteiger partial charge in [-0.2, -0.15) is 0 Å². The van der Waals surface area contributed by atoms with Gasteiger partial charge >= 0.3 is 28.0 Å². The minimum absolute atomic E-state index is 1.29. The molecule has 4 heavy (non-hydrogen) atoms. The number of rotatable bonds is 0. The normalized spacial score (nSPS) is 15.5. The zero-order chi connectivity index (χ0) is 3.58. The van der Waals surface area contributed by atoms with Crippen molar-refractivity contribution < 1.29 is 8.02 Å². The van der Waals surface area contributed by atoms with Gasteiger partial charge in [0.1, 0.15) is 0 Å². The van der Waals surface area contributed by atoms with Crippen LogP contribution in [0.2, 0.25) is 5.82 Å². The van der Waals surface area contributed by atoms with Crippen molar-refractivity contribution in [2.45, 2.75) is 5.82 Å². The van der Waals surface area contributed by atoms with Crippen LogP contribution in [0.3, 0.4) is 0 Å². The molecule has 0 saturated carbocycles. The molecule has 3 heteroatoms. The summed E-state index contributed by atoms with van der Waals surface area (Å²) in [6.45, 7) is 0. The molecule has 0 fully saturated rings. The Balaban J connectivity index is 2.80. The third-order valence-corrected chi connectivity index (χ3v) is 0. The molecule has 2 nitrogen and oxygen atoms in total. The van der Waals surface area contributed by atoms with Crippen LogP contribution in [-0.4, -0.2) is 18.4 Å². The quantitative estimate of drug-likeness (QED) is 0.446. The van der Waals surface area contributed by atoms with Crippen molar-refractivity contribution in [3.05, 3.63) is 0 Å². The maximum absolute atomic E-state index is 9.21. The molecule has 0 heterocycles. The van der Waals surface area contributed by atoms with Crippen molar-refractivity contribution in [1.29, 1.82) is 0 Å². The average Bonchev–Trinajstić information content (AvgIpc) is 0.811. The monoisotopic (exact) mass is 128 g/mol. The molecule has 0 aliphatic rings. The molecule has 0 bridgehead atoms. The molecule has 0 rings (SSSR count). The summed E-state index contributed by atoms with van der Waals surface area (Å²) in [5.41, 5.74) is 0. The fourth-order valence-corrected chi connectivity index (χ4v) is 0. The minimum atomic E-state index is -2.29. The Hall–Kier alpha value is 0.279. The summed E-state index contributed by atoms with van der Waals surface area (Å²) in [6, 6.07) is 0. The van der Waals surface area contributed by atoms with Crippen LogP contribution in [0.25, 0.3) is 0 Å². The zero-order valence-corrected chi connectivity index (χ0v) is 3.98. The van der Waals surface area contributed by atoms with E-state index in [2.05, 4.69) is 0 Å². The molecule has 0 aliphatic carbocycles. The standard InChI is InChI=1S/CH4O2Se/c1-4(2)3/h1H3,(H,2,3). The van der Waals surface area contributed by atoms with Gasteiger partial charge in [-0.1, -0.05) is 0 Å². The first-order valence-electron chi connectivity index (χ1n) is 0.757. The summed E-state index contributed by atoms with van der Waals surface area (Å²) in [5, 5.41) is 0. The third kappa shape index (κ3) is 47.8. The summed E-state index contributed by atoms with van der Waals surface area (Å²) in [6.07, 6.45) is 0. The van der Waals surface area contributed by atoms with Gasteiger partial charge < -0.3 is 0 Å². The second-order valence-corrected chi connectivity index (χ2v) is 2.20. The van der Waals surface area contributed by atoms with Gasteiger partial charge in [-0.15, -0.1) is 0 Å². The summed E-state index contributed by atoms with van der Waals surface area (Å²) in [4.78, 5) is 0. The summed E-state index contributed by atoms with van der Waals surface area (Å²) < 4.78 is 16.8. The van der Waals surface area contributed by atoms with Crippen LogP contribution in [0, 0.1) is 0 Å². The van der Waals surface area contributed by atoms with E-state index in [4.69, 9.17) is 4.19 Å². The van der Waals surface area contributed by atoms with E-state index in [-0.39, 0.29) is 0 Å². The molecule has 0 saturated heterocycles. The van der Waals surface area contributed by atoms with Crippen molar-refractivity contribution in [2.75, 3.05) is 0 Å². The number of hydrogen-bond acceptors (Lipinski definition) is 1. The van der Waals surface area contributed by atoms with Gasteiger partial charge in [0, 0.05) is 0 Å². The predicted octanol–water partition coefficient (Wildman–Crippen LogP) is -0.473. The topological polar surface area (TPSA) is 37.3 Å². The van der Waals surface area contributed by atoms with E-state index in [1.165, 1.54) is 5.82 Å². The Morgan fingerprint density at radius 2 is 2.00 bits per heavy atom. The van der Waals surface area contributed by atoms with Crippen molar-refractivity contribution in [3.63, 3.8) is 0 Å². The predicted molar refractivity (Wildman–Crippen MR) is 14.5 cm³/mol. The molecule has 26 valence electrons. The molecule has 0 aliphatic heterocycles. The van der Waals surface area contributed by atoms with Gasteiger partial charge in [-0.05, 0) is 0 Å². The van der Waals surface area contributed by atoms with E-state index in [9.17, 15) is 3.83 Å². The van der Waals surface area contributed by atoms with E-state index < -0.39 is 14.2 Å². The second kappa shape index (κ2) is 1.58. The van der Waals surface area contributed by atoms with E-state index >= 15 is 0 Å². The molecular formula is CH4O2Se. The molecule has 1 N–H and O–H groups in total. The second-order valence-electron chi connectivity index (χ2n) is 0.424. The van der Waals surface area contributed by atoms with E-state index in [1.54, 1.807) is 0 Å².